The third kappa shape index (κ3) is 3.27. The fraction of sp³-hybridized carbons (Fsp3) is 0.0952. The van der Waals surface area contributed by atoms with Crippen LogP contribution in [0.3, 0.4) is 0 Å². The number of nitrogens with zero attached hydrogens (tertiary/aromatic N) is 1. The van der Waals surface area contributed by atoms with E-state index < -0.39 is 0 Å². The lowest BCUT2D eigenvalue weighted by Crippen LogP contribution is -1.95. The largest absolute Gasteiger partial charge is 0.493 e. The number of hydrogen-bond donors (Lipinski definition) is 0. The molecule has 0 aliphatic rings. The second kappa shape index (κ2) is 7.21. The van der Waals surface area contributed by atoms with Gasteiger partial charge in [0.05, 0.1) is 18.2 Å². The minimum absolute atomic E-state index is 0.571. The van der Waals surface area contributed by atoms with E-state index in [1.165, 1.54) is 0 Å². The molecule has 3 rings (SSSR count). The molecule has 0 fully saturated rings. The summed E-state index contributed by atoms with van der Waals surface area (Å²) in [5, 5.41) is 12.4. The predicted molar refractivity (Wildman–Crippen MR) is 100 cm³/mol. The Balaban J connectivity index is 2.21. The highest BCUT2D eigenvalue weighted by Crippen LogP contribution is 2.32. The normalized spacial score (nSPS) is 11.3. The number of ether oxygens (including phenoxy) is 1. The first-order chi connectivity index (χ1) is 11.7. The summed E-state index contributed by atoms with van der Waals surface area (Å²) in [5.74, 6) is 0.776. The number of fused-ring (bicyclic) bond motifs is 1. The molecule has 0 atom stereocenters. The van der Waals surface area contributed by atoms with Crippen molar-refractivity contribution < 1.29 is 4.74 Å². The Kier molecular flexibility index (Phi) is 4.84. The quantitative estimate of drug-likeness (QED) is 0.436. The molecule has 2 nitrogen and oxygen atoms in total. The molecule has 0 radical (unpaired) electrons. The average Bonchev–Trinajstić information content (AvgIpc) is 2.62. The minimum Gasteiger partial charge on any atom is -0.493 e. The zero-order valence-corrected chi connectivity index (χ0v) is 14.0. The molecular weight excluding hydrogens is 318 g/mol. The molecule has 0 spiro atoms. The molecule has 0 heterocycles. The third-order valence-electron chi connectivity index (χ3n) is 3.79. The van der Waals surface area contributed by atoms with E-state index in [0.717, 1.165) is 27.6 Å². The Bertz CT molecular complexity index is 936. The van der Waals surface area contributed by atoms with Crippen LogP contribution in [0, 0.1) is 11.3 Å². The first-order valence-corrected chi connectivity index (χ1v) is 8.13. The van der Waals surface area contributed by atoms with Crippen molar-refractivity contribution in [1.82, 2.24) is 0 Å². The van der Waals surface area contributed by atoms with E-state index in [0.29, 0.717) is 17.2 Å². The lowest BCUT2D eigenvalue weighted by Gasteiger charge is -2.11. The third-order valence-corrected chi connectivity index (χ3v) is 4.05. The number of rotatable bonds is 4. The van der Waals surface area contributed by atoms with Gasteiger partial charge < -0.3 is 4.74 Å². The van der Waals surface area contributed by atoms with Gasteiger partial charge in [-0.1, -0.05) is 54.1 Å². The molecule has 0 aliphatic carbocycles. The lowest BCUT2D eigenvalue weighted by molar-refractivity contribution is 0.340. The van der Waals surface area contributed by atoms with Crippen molar-refractivity contribution in [2.24, 2.45) is 0 Å². The van der Waals surface area contributed by atoms with E-state index in [2.05, 4.69) is 12.1 Å². The Labute approximate surface area is 146 Å². The summed E-state index contributed by atoms with van der Waals surface area (Å²) in [4.78, 5) is 0. The van der Waals surface area contributed by atoms with Gasteiger partial charge in [0.1, 0.15) is 5.75 Å². The topological polar surface area (TPSA) is 33.0 Å². The number of benzene rings is 3. The van der Waals surface area contributed by atoms with Crippen molar-refractivity contribution in [2.75, 3.05) is 6.61 Å². The maximum absolute atomic E-state index is 9.61. The number of nitriles is 1. The SMILES string of the molecule is CCOc1ccc2ccccc2c1/C=C(\C#N)c1ccc(Cl)cc1. The Morgan fingerprint density at radius 3 is 2.54 bits per heavy atom. The summed E-state index contributed by atoms with van der Waals surface area (Å²) in [6.07, 6.45) is 1.89. The van der Waals surface area contributed by atoms with Gasteiger partial charge in [0.15, 0.2) is 0 Å². The van der Waals surface area contributed by atoms with Crippen LogP contribution in [0.25, 0.3) is 22.4 Å². The molecule has 0 bridgehead atoms. The summed E-state index contributed by atoms with van der Waals surface area (Å²) >= 11 is 5.94. The highest BCUT2D eigenvalue weighted by atomic mass is 35.5. The van der Waals surface area contributed by atoms with Crippen LogP contribution in [0.15, 0.2) is 60.7 Å². The molecule has 118 valence electrons. The van der Waals surface area contributed by atoms with Crippen molar-refractivity contribution in [1.29, 1.82) is 5.26 Å². The highest BCUT2D eigenvalue weighted by Gasteiger charge is 2.09. The number of hydrogen-bond acceptors (Lipinski definition) is 2. The average molecular weight is 334 g/mol. The molecule has 0 aliphatic heterocycles. The van der Waals surface area contributed by atoms with Gasteiger partial charge in [0.2, 0.25) is 0 Å². The van der Waals surface area contributed by atoms with Gasteiger partial charge in [-0.3, -0.25) is 0 Å². The van der Waals surface area contributed by atoms with Crippen LogP contribution in [-0.2, 0) is 0 Å². The van der Waals surface area contributed by atoms with E-state index in [4.69, 9.17) is 16.3 Å². The lowest BCUT2D eigenvalue weighted by atomic mass is 9.98. The second-order valence-corrected chi connectivity index (χ2v) is 5.74. The van der Waals surface area contributed by atoms with Crippen LogP contribution in [-0.4, -0.2) is 6.61 Å². The minimum atomic E-state index is 0.571. The Hall–Kier alpha value is -2.76. The molecule has 3 aromatic carbocycles. The van der Waals surface area contributed by atoms with Crippen molar-refractivity contribution in [3.05, 3.63) is 76.8 Å². The van der Waals surface area contributed by atoms with Gasteiger partial charge in [-0.05, 0) is 47.5 Å². The standard InChI is InChI=1S/C21H16ClNO/c1-2-24-21-12-9-16-5-3-4-6-19(16)20(21)13-17(14-23)15-7-10-18(22)11-8-15/h3-13H,2H2,1H3/b17-13+. The van der Waals surface area contributed by atoms with Gasteiger partial charge in [0.25, 0.3) is 0 Å². The molecule has 3 heteroatoms. The summed E-state index contributed by atoms with van der Waals surface area (Å²) in [6, 6.07) is 21.6. The summed E-state index contributed by atoms with van der Waals surface area (Å²) in [6.45, 7) is 2.52. The fourth-order valence-electron chi connectivity index (χ4n) is 2.66. The molecule has 0 aromatic heterocycles. The van der Waals surface area contributed by atoms with Crippen molar-refractivity contribution in [3.8, 4) is 11.8 Å². The van der Waals surface area contributed by atoms with E-state index in [1.54, 1.807) is 12.1 Å². The van der Waals surface area contributed by atoms with Gasteiger partial charge in [-0.15, -0.1) is 0 Å². The molecule has 0 N–H and O–H groups in total. The molecule has 24 heavy (non-hydrogen) atoms. The van der Waals surface area contributed by atoms with Gasteiger partial charge in [0, 0.05) is 10.6 Å². The molecular formula is C21H16ClNO. The van der Waals surface area contributed by atoms with E-state index >= 15 is 0 Å². The monoisotopic (exact) mass is 333 g/mol. The first-order valence-electron chi connectivity index (χ1n) is 7.75. The van der Waals surface area contributed by atoms with Gasteiger partial charge in [-0.25, -0.2) is 0 Å². The Morgan fingerprint density at radius 2 is 1.83 bits per heavy atom. The zero-order chi connectivity index (χ0) is 16.9. The van der Waals surface area contributed by atoms with E-state index in [-0.39, 0.29) is 0 Å². The fourth-order valence-corrected chi connectivity index (χ4v) is 2.79. The number of halogens is 1. The van der Waals surface area contributed by atoms with Crippen LogP contribution < -0.4 is 4.74 Å². The van der Waals surface area contributed by atoms with Gasteiger partial charge in [-0.2, -0.15) is 5.26 Å². The van der Waals surface area contributed by atoms with Crippen molar-refractivity contribution >= 4 is 34.0 Å². The van der Waals surface area contributed by atoms with Crippen molar-refractivity contribution in [3.63, 3.8) is 0 Å². The smallest absolute Gasteiger partial charge is 0.127 e. The maximum atomic E-state index is 9.61. The molecule has 0 unspecified atom stereocenters. The Morgan fingerprint density at radius 1 is 1.08 bits per heavy atom. The van der Waals surface area contributed by atoms with E-state index in [1.807, 2.05) is 55.5 Å². The maximum Gasteiger partial charge on any atom is 0.127 e. The molecule has 0 saturated heterocycles. The van der Waals surface area contributed by atoms with Crippen LogP contribution >= 0.6 is 11.6 Å². The van der Waals surface area contributed by atoms with Crippen molar-refractivity contribution in [2.45, 2.75) is 6.92 Å². The van der Waals surface area contributed by atoms with Crippen LogP contribution in [0.5, 0.6) is 5.75 Å². The number of allylic oxidation sites excluding steroid dienone is 1. The van der Waals surface area contributed by atoms with Crippen LogP contribution in [0.4, 0.5) is 0 Å². The highest BCUT2D eigenvalue weighted by molar-refractivity contribution is 6.30. The zero-order valence-electron chi connectivity index (χ0n) is 13.3. The van der Waals surface area contributed by atoms with E-state index in [9.17, 15) is 5.26 Å². The molecule has 0 amide bonds. The van der Waals surface area contributed by atoms with Crippen LogP contribution in [0.1, 0.15) is 18.1 Å². The predicted octanol–water partition coefficient (Wildman–Crippen LogP) is 5.96. The summed E-state index contributed by atoms with van der Waals surface area (Å²) in [7, 11) is 0. The first kappa shape index (κ1) is 16.1. The van der Waals surface area contributed by atoms with Crippen LogP contribution in [0.2, 0.25) is 5.02 Å². The van der Waals surface area contributed by atoms with Gasteiger partial charge >= 0.3 is 0 Å². The molecule has 0 saturated carbocycles. The summed E-state index contributed by atoms with van der Waals surface area (Å²) < 4.78 is 5.77. The molecule has 3 aromatic rings. The second-order valence-electron chi connectivity index (χ2n) is 5.31. The summed E-state index contributed by atoms with van der Waals surface area (Å²) in [5.41, 5.74) is 2.32.